The van der Waals surface area contributed by atoms with Crippen LogP contribution in [0.1, 0.15) is 75.4 Å². The summed E-state index contributed by atoms with van der Waals surface area (Å²) >= 11 is 0. The first-order chi connectivity index (χ1) is 23.0. The highest BCUT2D eigenvalue weighted by atomic mass is 16.5. The summed E-state index contributed by atoms with van der Waals surface area (Å²) in [6.45, 7) is 8.57. The zero-order chi connectivity index (χ0) is 34.2. The van der Waals surface area contributed by atoms with Crippen LogP contribution in [0.25, 0.3) is 11.4 Å². The van der Waals surface area contributed by atoms with Crippen LogP contribution in [0.5, 0.6) is 0 Å². The summed E-state index contributed by atoms with van der Waals surface area (Å²) in [5.41, 5.74) is 8.10. The van der Waals surface area contributed by atoms with Crippen LogP contribution in [0.2, 0.25) is 0 Å². The third-order valence-electron chi connectivity index (χ3n) is 8.60. The van der Waals surface area contributed by atoms with Crippen LogP contribution < -0.4 is 0 Å². The molecule has 0 spiro atoms. The number of fused-ring (bicyclic) bond motifs is 6. The number of amides is 2. The molecule has 0 N–H and O–H groups in total. The normalized spacial score (nSPS) is 14.4. The fourth-order valence-corrected chi connectivity index (χ4v) is 6.30. The molecule has 0 unspecified atom stereocenters. The number of hydrogen-bond donors (Lipinski definition) is 0. The number of imidazole rings is 2. The second-order valence-electron chi connectivity index (χ2n) is 13.1. The molecule has 0 fully saturated rings. The molecule has 0 atom stereocenters. The zero-order valence-electron chi connectivity index (χ0n) is 27.9. The van der Waals surface area contributed by atoms with Crippen molar-refractivity contribution >= 4 is 11.8 Å². The number of hydrogen-bond acceptors (Lipinski definition) is 6. The van der Waals surface area contributed by atoms with Gasteiger partial charge in [-0.25, -0.2) is 9.97 Å². The summed E-state index contributed by atoms with van der Waals surface area (Å²) < 4.78 is 16.2. The van der Waals surface area contributed by atoms with Gasteiger partial charge < -0.3 is 28.4 Å². The van der Waals surface area contributed by atoms with E-state index in [0.717, 1.165) is 39.7 Å². The molecule has 0 saturated carbocycles. The van der Waals surface area contributed by atoms with Crippen molar-refractivity contribution in [3.63, 3.8) is 0 Å². The number of terminal acetylenes is 2. The number of benzene rings is 2. The summed E-state index contributed by atoms with van der Waals surface area (Å²) in [6, 6.07) is 10.9. The molecule has 0 saturated heterocycles. The van der Waals surface area contributed by atoms with Crippen LogP contribution in [0, 0.1) is 30.1 Å². The Hall–Kier alpha value is -5.42. The van der Waals surface area contributed by atoms with Gasteiger partial charge in [-0.2, -0.15) is 0 Å². The third kappa shape index (κ3) is 6.28. The zero-order valence-corrected chi connectivity index (χ0v) is 27.9. The molecule has 2 aromatic carbocycles. The standard InChI is InChI=1S/C38H38N6O4/c1-8-26-10-12-32-28(14-26)36(45)41(6)17-34-30(39-23-43(32)34)20-47-19-25(3)16-38(4,5)22-48-21-31-35-18-42(7)37(46)29-15-27(9-2)11-13-33(29)44(35)24-40-31/h1-2,10-16,23-24H,17-22H2,3-7H3/b25-16+. The van der Waals surface area contributed by atoms with Crippen LogP contribution >= 0.6 is 0 Å². The minimum absolute atomic E-state index is 0.0862. The molecule has 48 heavy (non-hydrogen) atoms. The first-order valence-electron chi connectivity index (χ1n) is 15.7. The van der Waals surface area contributed by atoms with E-state index in [1.807, 2.05) is 40.3 Å². The van der Waals surface area contributed by atoms with E-state index in [2.05, 4.69) is 41.7 Å². The van der Waals surface area contributed by atoms with Crippen LogP contribution in [0.3, 0.4) is 0 Å². The lowest BCUT2D eigenvalue weighted by Gasteiger charge is -2.22. The van der Waals surface area contributed by atoms with Crippen molar-refractivity contribution in [3.05, 3.63) is 106 Å². The van der Waals surface area contributed by atoms with Gasteiger partial charge in [0.25, 0.3) is 11.8 Å². The van der Waals surface area contributed by atoms with Crippen molar-refractivity contribution in [2.24, 2.45) is 5.41 Å². The lowest BCUT2D eigenvalue weighted by atomic mass is 9.92. The van der Waals surface area contributed by atoms with Crippen LogP contribution in [0.4, 0.5) is 0 Å². The Bertz CT molecular complexity index is 2040. The van der Waals surface area contributed by atoms with E-state index in [9.17, 15) is 9.59 Å². The molecule has 2 aromatic heterocycles. The van der Waals surface area contributed by atoms with Crippen molar-refractivity contribution < 1.29 is 19.1 Å². The van der Waals surface area contributed by atoms with E-state index >= 15 is 0 Å². The fraction of sp³-hybridized carbons (Fsp3) is 0.316. The number of ether oxygens (including phenoxy) is 2. The van der Waals surface area contributed by atoms with Crippen molar-refractivity contribution in [3.8, 4) is 36.1 Å². The molecule has 2 amide bonds. The van der Waals surface area contributed by atoms with Gasteiger partial charge in [-0.3, -0.25) is 9.59 Å². The van der Waals surface area contributed by atoms with Gasteiger partial charge in [0.2, 0.25) is 0 Å². The Balaban J connectivity index is 1.07. The molecule has 6 rings (SSSR count). The average molecular weight is 643 g/mol. The molecule has 0 aliphatic carbocycles. The maximum atomic E-state index is 13.1. The van der Waals surface area contributed by atoms with Crippen molar-refractivity contribution in [1.82, 2.24) is 28.9 Å². The number of aromatic nitrogens is 4. The maximum absolute atomic E-state index is 13.1. The predicted octanol–water partition coefficient (Wildman–Crippen LogP) is 4.90. The van der Waals surface area contributed by atoms with Crippen molar-refractivity contribution in [1.29, 1.82) is 0 Å². The monoisotopic (exact) mass is 642 g/mol. The van der Waals surface area contributed by atoms with E-state index < -0.39 is 0 Å². The van der Waals surface area contributed by atoms with Crippen molar-refractivity contribution in [2.75, 3.05) is 27.3 Å². The SMILES string of the molecule is C#Cc1ccc2c(c1)C(=O)N(C)Cc1c(COC/C(C)=C/C(C)(C)COCc3ncn4c3CN(C)C(=O)c3cc(C#C)ccc3-4)ncn1-2. The Kier molecular flexibility index (Phi) is 8.81. The second-order valence-corrected chi connectivity index (χ2v) is 13.1. The van der Waals surface area contributed by atoms with Gasteiger partial charge in [0.05, 0.1) is 97.4 Å². The van der Waals surface area contributed by atoms with E-state index in [-0.39, 0.29) is 17.2 Å². The highest BCUT2D eigenvalue weighted by Gasteiger charge is 2.28. The Morgan fingerprint density at radius 2 is 1.31 bits per heavy atom. The summed E-state index contributed by atoms with van der Waals surface area (Å²) in [7, 11) is 3.55. The summed E-state index contributed by atoms with van der Waals surface area (Å²) in [5.74, 6) is 5.04. The summed E-state index contributed by atoms with van der Waals surface area (Å²) in [6.07, 6.45) is 16.8. The van der Waals surface area contributed by atoms with E-state index in [1.165, 1.54) is 0 Å². The maximum Gasteiger partial charge on any atom is 0.256 e. The minimum Gasteiger partial charge on any atom is -0.374 e. The largest absolute Gasteiger partial charge is 0.374 e. The van der Waals surface area contributed by atoms with Crippen LogP contribution in [0.15, 0.2) is 60.7 Å². The van der Waals surface area contributed by atoms with E-state index in [1.54, 1.807) is 48.7 Å². The van der Waals surface area contributed by atoms with Crippen LogP contribution in [-0.4, -0.2) is 68.0 Å². The van der Waals surface area contributed by atoms with Crippen molar-refractivity contribution in [2.45, 2.75) is 47.1 Å². The molecular formula is C38H38N6O4. The molecule has 10 nitrogen and oxygen atoms in total. The molecular weight excluding hydrogens is 604 g/mol. The minimum atomic E-state index is -0.273. The van der Waals surface area contributed by atoms with Crippen LogP contribution in [-0.2, 0) is 35.8 Å². The fourth-order valence-electron chi connectivity index (χ4n) is 6.30. The first kappa shape index (κ1) is 32.5. The Morgan fingerprint density at radius 3 is 1.79 bits per heavy atom. The number of rotatable bonds is 9. The molecule has 244 valence electrons. The average Bonchev–Trinajstić information content (AvgIpc) is 3.60. The first-order valence-corrected chi connectivity index (χ1v) is 15.7. The number of carbonyl (C=O) groups excluding carboxylic acids is 2. The lowest BCUT2D eigenvalue weighted by Crippen LogP contribution is -2.25. The van der Waals surface area contributed by atoms with Gasteiger partial charge in [0.1, 0.15) is 0 Å². The molecule has 0 bridgehead atoms. The number of carbonyl (C=O) groups is 2. The molecule has 2 aliphatic rings. The van der Waals surface area contributed by atoms with E-state index in [4.69, 9.17) is 22.3 Å². The van der Waals surface area contributed by atoms with Gasteiger partial charge in [0.15, 0.2) is 0 Å². The topological polar surface area (TPSA) is 94.7 Å². The van der Waals surface area contributed by atoms with Gasteiger partial charge in [-0.15, -0.1) is 12.8 Å². The molecule has 0 radical (unpaired) electrons. The smallest absolute Gasteiger partial charge is 0.256 e. The molecule has 10 heteroatoms. The lowest BCUT2D eigenvalue weighted by molar-refractivity contribution is 0.0674. The van der Waals surface area contributed by atoms with Gasteiger partial charge >= 0.3 is 0 Å². The Morgan fingerprint density at radius 1 is 0.833 bits per heavy atom. The second kappa shape index (κ2) is 13.0. The Labute approximate surface area is 281 Å². The molecule has 4 aromatic rings. The highest BCUT2D eigenvalue weighted by molar-refractivity contribution is 5.99. The quantitative estimate of drug-likeness (QED) is 0.191. The highest BCUT2D eigenvalue weighted by Crippen LogP contribution is 2.29. The van der Waals surface area contributed by atoms with E-state index in [0.29, 0.717) is 61.8 Å². The summed E-state index contributed by atoms with van der Waals surface area (Å²) in [4.78, 5) is 38.8. The predicted molar refractivity (Wildman–Crippen MR) is 181 cm³/mol. The van der Waals surface area contributed by atoms with Gasteiger partial charge in [-0.1, -0.05) is 37.3 Å². The number of nitrogens with zero attached hydrogens (tertiary/aromatic N) is 6. The van der Waals surface area contributed by atoms with Gasteiger partial charge in [0, 0.05) is 30.6 Å². The third-order valence-corrected chi connectivity index (χ3v) is 8.60. The van der Waals surface area contributed by atoms with Gasteiger partial charge in [-0.05, 0) is 43.3 Å². The molecule has 4 heterocycles. The summed E-state index contributed by atoms with van der Waals surface area (Å²) in [5, 5.41) is 0. The molecule has 2 aliphatic heterocycles.